The monoisotopic (exact) mass is 237 g/mol. The first-order valence-electron chi connectivity index (χ1n) is 6.34. The first-order valence-corrected chi connectivity index (χ1v) is 6.34. The van der Waals surface area contributed by atoms with Crippen LogP contribution in [0.1, 0.15) is 46.0 Å². The van der Waals surface area contributed by atoms with E-state index in [4.69, 9.17) is 11.5 Å². The van der Waals surface area contributed by atoms with Gasteiger partial charge in [0, 0.05) is 6.04 Å². The van der Waals surface area contributed by atoms with Gasteiger partial charge in [-0.05, 0) is 31.1 Å². The molecule has 0 spiro atoms. The molecule has 3 nitrogen and oxygen atoms in total. The molecule has 1 aliphatic rings. The van der Waals surface area contributed by atoms with Gasteiger partial charge in [0.05, 0.1) is 13.1 Å². The van der Waals surface area contributed by atoms with Crippen LogP contribution in [0.3, 0.4) is 0 Å². The van der Waals surface area contributed by atoms with E-state index in [1.807, 2.05) is 4.90 Å². The van der Waals surface area contributed by atoms with Crippen LogP contribution in [0.15, 0.2) is 0 Å². The van der Waals surface area contributed by atoms with Gasteiger partial charge in [-0.15, -0.1) is 6.42 Å². The second-order valence-electron chi connectivity index (χ2n) is 5.75. The molecule has 96 valence electrons. The minimum Gasteiger partial charge on any atom is -0.480 e. The van der Waals surface area contributed by atoms with Crippen LogP contribution in [0.2, 0.25) is 0 Å². The smallest absolute Gasteiger partial charge is 0.317 e. The van der Waals surface area contributed by atoms with Crippen LogP contribution >= 0.6 is 0 Å². The number of carboxylic acids is 1. The Morgan fingerprint density at radius 2 is 2.18 bits per heavy atom. The molecular formula is C14H23NO2. The number of rotatable bonds is 4. The number of hydrogen-bond donors (Lipinski definition) is 1. The van der Waals surface area contributed by atoms with E-state index in [-0.39, 0.29) is 6.54 Å². The first kappa shape index (κ1) is 14.1. The summed E-state index contributed by atoms with van der Waals surface area (Å²) in [6.45, 7) is 5.09. The third kappa shape index (κ3) is 4.79. The van der Waals surface area contributed by atoms with Crippen molar-refractivity contribution in [3.63, 3.8) is 0 Å². The van der Waals surface area contributed by atoms with Crippen molar-refractivity contribution in [3.8, 4) is 12.3 Å². The molecule has 0 saturated heterocycles. The Morgan fingerprint density at radius 1 is 1.47 bits per heavy atom. The van der Waals surface area contributed by atoms with Gasteiger partial charge >= 0.3 is 5.97 Å². The second kappa shape index (κ2) is 6.07. The van der Waals surface area contributed by atoms with Crippen LogP contribution in [-0.2, 0) is 4.79 Å². The summed E-state index contributed by atoms with van der Waals surface area (Å²) >= 11 is 0. The van der Waals surface area contributed by atoms with E-state index in [1.54, 1.807) is 0 Å². The van der Waals surface area contributed by atoms with Gasteiger partial charge in [-0.25, -0.2) is 0 Å². The summed E-state index contributed by atoms with van der Waals surface area (Å²) in [5.74, 6) is 1.79. The molecule has 1 saturated carbocycles. The van der Waals surface area contributed by atoms with Crippen molar-refractivity contribution in [1.82, 2.24) is 4.90 Å². The lowest BCUT2D eigenvalue weighted by Crippen LogP contribution is -2.39. The number of carboxylic acid groups (broad SMARTS) is 1. The number of carbonyl (C=O) groups is 1. The highest BCUT2D eigenvalue weighted by atomic mass is 16.4. The van der Waals surface area contributed by atoms with Crippen molar-refractivity contribution in [1.29, 1.82) is 0 Å². The lowest BCUT2D eigenvalue weighted by Gasteiger charge is -2.28. The fraction of sp³-hybridized carbons (Fsp3) is 0.786. The molecule has 0 aromatic heterocycles. The van der Waals surface area contributed by atoms with Crippen molar-refractivity contribution in [2.75, 3.05) is 13.1 Å². The Balaban J connectivity index is 2.61. The Bertz CT molecular complexity index is 304. The highest BCUT2D eigenvalue weighted by Crippen LogP contribution is 2.35. The summed E-state index contributed by atoms with van der Waals surface area (Å²) in [7, 11) is 0. The topological polar surface area (TPSA) is 40.5 Å². The molecule has 0 aromatic rings. The number of aliphatic carboxylic acids is 1. The summed E-state index contributed by atoms with van der Waals surface area (Å²) in [5, 5.41) is 8.90. The van der Waals surface area contributed by atoms with Crippen molar-refractivity contribution >= 4 is 5.97 Å². The summed E-state index contributed by atoms with van der Waals surface area (Å²) in [6, 6.07) is 0.337. The molecule has 0 radical (unpaired) electrons. The molecule has 17 heavy (non-hydrogen) atoms. The predicted octanol–water partition coefficient (Wildman–Crippen LogP) is 2.37. The zero-order chi connectivity index (χ0) is 12.9. The molecule has 1 rings (SSSR count). The largest absolute Gasteiger partial charge is 0.480 e. The fourth-order valence-corrected chi connectivity index (χ4v) is 2.61. The molecule has 1 aliphatic carbocycles. The molecule has 0 aliphatic heterocycles. The van der Waals surface area contributed by atoms with E-state index in [9.17, 15) is 4.79 Å². The van der Waals surface area contributed by atoms with Gasteiger partial charge in [-0.3, -0.25) is 9.69 Å². The fourth-order valence-electron chi connectivity index (χ4n) is 2.61. The van der Waals surface area contributed by atoms with Gasteiger partial charge in [0.1, 0.15) is 0 Å². The van der Waals surface area contributed by atoms with Crippen LogP contribution in [0.25, 0.3) is 0 Å². The molecule has 0 heterocycles. The predicted molar refractivity (Wildman–Crippen MR) is 68.7 cm³/mol. The maximum Gasteiger partial charge on any atom is 0.317 e. The molecule has 1 fully saturated rings. The van der Waals surface area contributed by atoms with Crippen LogP contribution in [0, 0.1) is 17.8 Å². The molecular weight excluding hydrogens is 214 g/mol. The van der Waals surface area contributed by atoms with Gasteiger partial charge in [0.25, 0.3) is 0 Å². The van der Waals surface area contributed by atoms with E-state index >= 15 is 0 Å². The van der Waals surface area contributed by atoms with E-state index < -0.39 is 5.97 Å². The Morgan fingerprint density at radius 3 is 2.76 bits per heavy atom. The van der Waals surface area contributed by atoms with Gasteiger partial charge < -0.3 is 5.11 Å². The average molecular weight is 237 g/mol. The van der Waals surface area contributed by atoms with Gasteiger partial charge in [-0.2, -0.15) is 0 Å². The lowest BCUT2D eigenvalue weighted by molar-refractivity contribution is -0.138. The van der Waals surface area contributed by atoms with Crippen LogP contribution in [-0.4, -0.2) is 35.1 Å². The molecule has 1 atom stereocenters. The lowest BCUT2D eigenvalue weighted by atomic mass is 9.85. The minimum absolute atomic E-state index is 0.0648. The van der Waals surface area contributed by atoms with E-state index in [0.29, 0.717) is 18.0 Å². The highest BCUT2D eigenvalue weighted by molar-refractivity contribution is 5.69. The number of terminal acetylenes is 1. The Hall–Kier alpha value is -1.01. The average Bonchev–Trinajstić information content (AvgIpc) is 2.38. The number of nitrogens with zero attached hydrogens (tertiary/aromatic N) is 1. The van der Waals surface area contributed by atoms with Gasteiger partial charge in [-0.1, -0.05) is 26.2 Å². The molecule has 0 amide bonds. The Labute approximate surface area is 104 Å². The molecule has 1 N–H and O–H groups in total. The number of hydrogen-bond acceptors (Lipinski definition) is 2. The van der Waals surface area contributed by atoms with E-state index in [1.165, 1.54) is 12.8 Å². The first-order chi connectivity index (χ1) is 7.94. The highest BCUT2D eigenvalue weighted by Gasteiger charge is 2.28. The van der Waals surface area contributed by atoms with Crippen molar-refractivity contribution in [3.05, 3.63) is 0 Å². The molecule has 1 unspecified atom stereocenters. The third-order valence-corrected chi connectivity index (χ3v) is 3.69. The summed E-state index contributed by atoms with van der Waals surface area (Å²) in [5.41, 5.74) is 0.389. The normalized spacial score (nSPS) is 24.0. The van der Waals surface area contributed by atoms with Crippen molar-refractivity contribution in [2.45, 2.75) is 52.0 Å². The van der Waals surface area contributed by atoms with Crippen molar-refractivity contribution < 1.29 is 9.90 Å². The van der Waals surface area contributed by atoms with Gasteiger partial charge in [0.2, 0.25) is 0 Å². The SMILES string of the molecule is C#CCN(CC(=O)O)C1CCCC(C)(C)CC1. The van der Waals surface area contributed by atoms with Crippen LogP contribution < -0.4 is 0 Å². The molecule has 0 bridgehead atoms. The summed E-state index contributed by atoms with van der Waals surface area (Å²) < 4.78 is 0. The summed E-state index contributed by atoms with van der Waals surface area (Å²) in [4.78, 5) is 12.8. The second-order valence-corrected chi connectivity index (χ2v) is 5.75. The maximum absolute atomic E-state index is 10.8. The molecule has 3 heteroatoms. The maximum atomic E-state index is 10.8. The van der Waals surface area contributed by atoms with Gasteiger partial charge in [0.15, 0.2) is 0 Å². The zero-order valence-electron chi connectivity index (χ0n) is 10.9. The standard InChI is InChI=1S/C14H23NO2/c1-4-10-15(11-13(16)17)12-6-5-8-14(2,3)9-7-12/h1,12H,5-11H2,2-3H3,(H,16,17). The summed E-state index contributed by atoms with van der Waals surface area (Å²) in [6.07, 6.45) is 11.0. The zero-order valence-corrected chi connectivity index (χ0v) is 10.9. The quantitative estimate of drug-likeness (QED) is 0.603. The minimum atomic E-state index is -0.788. The van der Waals surface area contributed by atoms with Crippen LogP contribution in [0.4, 0.5) is 0 Å². The van der Waals surface area contributed by atoms with E-state index in [2.05, 4.69) is 19.8 Å². The van der Waals surface area contributed by atoms with Crippen LogP contribution in [0.5, 0.6) is 0 Å². The Kier molecular flexibility index (Phi) is 5.02. The third-order valence-electron chi connectivity index (χ3n) is 3.69. The van der Waals surface area contributed by atoms with Crippen molar-refractivity contribution in [2.24, 2.45) is 5.41 Å². The van der Waals surface area contributed by atoms with E-state index in [0.717, 1.165) is 19.3 Å². The molecule has 0 aromatic carbocycles.